The molecule has 0 aromatic rings. The summed E-state index contributed by atoms with van der Waals surface area (Å²) in [6, 6.07) is 1.18. The van der Waals surface area contributed by atoms with E-state index >= 15 is 0 Å². The molecule has 1 saturated heterocycles. The molecule has 0 spiro atoms. The molecule has 2 aliphatic rings. The van der Waals surface area contributed by atoms with Crippen molar-refractivity contribution in [1.29, 1.82) is 0 Å². The summed E-state index contributed by atoms with van der Waals surface area (Å²) in [5.74, 6) is 1.01. The van der Waals surface area contributed by atoms with Crippen LogP contribution < -0.4 is 10.6 Å². The quantitative estimate of drug-likeness (QED) is 0.694. The van der Waals surface area contributed by atoms with Crippen molar-refractivity contribution in [2.24, 2.45) is 0 Å². The molecule has 2 heteroatoms. The van der Waals surface area contributed by atoms with E-state index < -0.39 is 0 Å². The van der Waals surface area contributed by atoms with Crippen LogP contribution in [0.3, 0.4) is 0 Å². The average Bonchev–Trinajstić information content (AvgIpc) is 2.48. The predicted octanol–water partition coefficient (Wildman–Crippen LogP) is 2.69. The lowest BCUT2D eigenvalue weighted by molar-refractivity contribution is 0.493. The van der Waals surface area contributed by atoms with E-state index in [9.17, 15) is 0 Å². The van der Waals surface area contributed by atoms with Gasteiger partial charge in [-0.2, -0.15) is 0 Å². The molecule has 0 bridgehead atoms. The number of allylic oxidation sites excluding steroid dienone is 1. The molecule has 84 valence electrons. The van der Waals surface area contributed by atoms with Crippen LogP contribution in [0.2, 0.25) is 0 Å². The summed E-state index contributed by atoms with van der Waals surface area (Å²) in [7, 11) is 0. The summed E-state index contributed by atoms with van der Waals surface area (Å²) < 4.78 is 0. The fourth-order valence-corrected chi connectivity index (χ4v) is 2.55. The summed E-state index contributed by atoms with van der Waals surface area (Å²) in [4.78, 5) is 0. The maximum Gasteiger partial charge on any atom is 0.0918 e. The van der Waals surface area contributed by atoms with Crippen LogP contribution in [0.1, 0.15) is 45.4 Å². The van der Waals surface area contributed by atoms with E-state index in [-0.39, 0.29) is 0 Å². The maximum absolute atomic E-state index is 3.93. The molecule has 0 saturated carbocycles. The molecule has 2 rings (SSSR count). The molecular weight excluding hydrogens is 184 g/mol. The van der Waals surface area contributed by atoms with Crippen molar-refractivity contribution in [3.8, 4) is 0 Å². The van der Waals surface area contributed by atoms with Crippen LogP contribution in [0.5, 0.6) is 0 Å². The SMILES string of the molecule is C=C1NC2CC=C(CCCC)CCC2N1. The average molecular weight is 206 g/mol. The highest BCUT2D eigenvalue weighted by Gasteiger charge is 2.28. The van der Waals surface area contributed by atoms with Gasteiger partial charge in [0.1, 0.15) is 0 Å². The molecule has 1 fully saturated rings. The Morgan fingerprint density at radius 3 is 3.00 bits per heavy atom. The third-order valence-electron chi connectivity index (χ3n) is 3.49. The van der Waals surface area contributed by atoms with Crippen LogP contribution in [0.4, 0.5) is 0 Å². The van der Waals surface area contributed by atoms with Gasteiger partial charge in [-0.25, -0.2) is 0 Å². The maximum atomic E-state index is 3.93. The van der Waals surface area contributed by atoms with Crippen molar-refractivity contribution >= 4 is 0 Å². The molecule has 0 aromatic heterocycles. The first kappa shape index (κ1) is 10.6. The first-order valence-electron chi connectivity index (χ1n) is 6.19. The Balaban J connectivity index is 1.90. The predicted molar refractivity (Wildman–Crippen MR) is 64.4 cm³/mol. The number of fused-ring (bicyclic) bond motifs is 1. The second-order valence-corrected chi connectivity index (χ2v) is 4.72. The van der Waals surface area contributed by atoms with Crippen molar-refractivity contribution < 1.29 is 0 Å². The second-order valence-electron chi connectivity index (χ2n) is 4.72. The molecule has 0 amide bonds. The lowest BCUT2D eigenvalue weighted by Gasteiger charge is -2.14. The zero-order chi connectivity index (χ0) is 10.7. The Labute approximate surface area is 92.8 Å². The van der Waals surface area contributed by atoms with Crippen LogP contribution in [0.25, 0.3) is 0 Å². The summed E-state index contributed by atoms with van der Waals surface area (Å²) in [6.45, 7) is 6.20. The minimum atomic E-state index is 0.580. The minimum Gasteiger partial charge on any atom is -0.368 e. The zero-order valence-corrected chi connectivity index (χ0v) is 9.68. The standard InChI is InChI=1S/C13H22N2/c1-3-4-5-11-6-8-12-13(9-7-11)15-10(2)14-12/h6,12-15H,2-5,7-9H2,1H3. The van der Waals surface area contributed by atoms with E-state index in [1.54, 1.807) is 5.57 Å². The minimum absolute atomic E-state index is 0.580. The van der Waals surface area contributed by atoms with Gasteiger partial charge in [0, 0.05) is 6.04 Å². The van der Waals surface area contributed by atoms with Gasteiger partial charge in [0.05, 0.1) is 11.9 Å². The summed E-state index contributed by atoms with van der Waals surface area (Å²) in [5, 5.41) is 6.86. The highest BCUT2D eigenvalue weighted by atomic mass is 15.2. The molecule has 2 N–H and O–H groups in total. The molecule has 1 heterocycles. The van der Waals surface area contributed by atoms with Gasteiger partial charge in [0.2, 0.25) is 0 Å². The van der Waals surface area contributed by atoms with Gasteiger partial charge in [-0.05, 0) is 32.1 Å². The van der Waals surface area contributed by atoms with E-state index in [4.69, 9.17) is 0 Å². The van der Waals surface area contributed by atoms with Gasteiger partial charge < -0.3 is 10.6 Å². The monoisotopic (exact) mass is 206 g/mol. The van der Waals surface area contributed by atoms with Gasteiger partial charge in [-0.3, -0.25) is 0 Å². The number of nitrogens with one attached hydrogen (secondary N) is 2. The number of unbranched alkanes of at least 4 members (excludes halogenated alkanes) is 1. The number of hydrogen-bond acceptors (Lipinski definition) is 2. The lowest BCUT2D eigenvalue weighted by atomic mass is 10.0. The highest BCUT2D eigenvalue weighted by molar-refractivity contribution is 5.14. The van der Waals surface area contributed by atoms with Crippen molar-refractivity contribution in [3.63, 3.8) is 0 Å². The molecule has 15 heavy (non-hydrogen) atoms. The van der Waals surface area contributed by atoms with Gasteiger partial charge in [-0.1, -0.05) is 31.6 Å². The smallest absolute Gasteiger partial charge is 0.0918 e. The number of hydrogen-bond donors (Lipinski definition) is 2. The normalized spacial score (nSPS) is 29.9. The number of rotatable bonds is 3. The van der Waals surface area contributed by atoms with E-state index in [0.717, 1.165) is 12.2 Å². The van der Waals surface area contributed by atoms with E-state index in [1.807, 2.05) is 0 Å². The Bertz CT molecular complexity index is 268. The van der Waals surface area contributed by atoms with Crippen molar-refractivity contribution in [2.75, 3.05) is 0 Å². The Morgan fingerprint density at radius 1 is 1.40 bits per heavy atom. The van der Waals surface area contributed by atoms with Crippen LogP contribution in [-0.2, 0) is 0 Å². The fraction of sp³-hybridized carbons (Fsp3) is 0.692. The van der Waals surface area contributed by atoms with Crippen LogP contribution in [0.15, 0.2) is 24.0 Å². The second kappa shape index (κ2) is 4.73. The van der Waals surface area contributed by atoms with E-state index in [1.165, 1.54) is 32.1 Å². The van der Waals surface area contributed by atoms with Crippen molar-refractivity contribution in [2.45, 2.75) is 57.5 Å². The topological polar surface area (TPSA) is 24.1 Å². The van der Waals surface area contributed by atoms with Gasteiger partial charge in [-0.15, -0.1) is 0 Å². The van der Waals surface area contributed by atoms with Gasteiger partial charge in [0.15, 0.2) is 0 Å². The van der Waals surface area contributed by atoms with Crippen LogP contribution in [0, 0.1) is 0 Å². The molecule has 0 radical (unpaired) electrons. The third-order valence-corrected chi connectivity index (χ3v) is 3.49. The first-order chi connectivity index (χ1) is 7.29. The van der Waals surface area contributed by atoms with E-state index in [0.29, 0.717) is 12.1 Å². The van der Waals surface area contributed by atoms with Crippen molar-refractivity contribution in [1.82, 2.24) is 10.6 Å². The lowest BCUT2D eigenvalue weighted by Crippen LogP contribution is -2.31. The summed E-state index contributed by atoms with van der Waals surface area (Å²) >= 11 is 0. The molecule has 2 unspecified atom stereocenters. The summed E-state index contributed by atoms with van der Waals surface area (Å²) in [6.07, 6.45) is 10.1. The summed E-state index contributed by atoms with van der Waals surface area (Å²) in [5.41, 5.74) is 1.67. The van der Waals surface area contributed by atoms with Gasteiger partial charge >= 0.3 is 0 Å². The third kappa shape index (κ3) is 2.55. The molecule has 2 nitrogen and oxygen atoms in total. The van der Waals surface area contributed by atoms with Crippen LogP contribution >= 0.6 is 0 Å². The zero-order valence-electron chi connectivity index (χ0n) is 9.68. The largest absolute Gasteiger partial charge is 0.368 e. The Morgan fingerprint density at radius 2 is 2.20 bits per heavy atom. The van der Waals surface area contributed by atoms with Crippen LogP contribution in [-0.4, -0.2) is 12.1 Å². The van der Waals surface area contributed by atoms with E-state index in [2.05, 4.69) is 30.2 Å². The molecular formula is C13H22N2. The fourth-order valence-electron chi connectivity index (χ4n) is 2.55. The van der Waals surface area contributed by atoms with Crippen molar-refractivity contribution in [3.05, 3.63) is 24.0 Å². The highest BCUT2D eigenvalue weighted by Crippen LogP contribution is 2.25. The molecule has 1 aliphatic heterocycles. The molecule has 2 atom stereocenters. The first-order valence-corrected chi connectivity index (χ1v) is 6.19. The Kier molecular flexibility index (Phi) is 3.34. The molecule has 0 aromatic carbocycles. The molecule has 1 aliphatic carbocycles. The Hall–Kier alpha value is -0.920. The van der Waals surface area contributed by atoms with Gasteiger partial charge in [0.25, 0.3) is 0 Å².